The lowest BCUT2D eigenvalue weighted by molar-refractivity contribution is -0.118. The first-order valence-electron chi connectivity index (χ1n) is 8.32. The van der Waals surface area contributed by atoms with Crippen molar-refractivity contribution < 1.29 is 4.79 Å². The fraction of sp³-hybridized carbons (Fsp3) is 0.300. The molecule has 1 aliphatic carbocycles. The third kappa shape index (κ3) is 2.58. The van der Waals surface area contributed by atoms with Gasteiger partial charge in [0, 0.05) is 30.1 Å². The highest BCUT2D eigenvalue weighted by Crippen LogP contribution is 2.45. The van der Waals surface area contributed by atoms with Crippen LogP contribution in [0.3, 0.4) is 0 Å². The van der Waals surface area contributed by atoms with Crippen LogP contribution in [-0.4, -0.2) is 10.8 Å². The molecule has 2 aliphatic rings. The Morgan fingerprint density at radius 1 is 1.04 bits per heavy atom. The van der Waals surface area contributed by atoms with Crippen molar-refractivity contribution in [2.45, 2.75) is 32.7 Å². The Hall–Kier alpha value is -2.62. The summed E-state index contributed by atoms with van der Waals surface area (Å²) < 4.78 is 0. The summed E-state index contributed by atoms with van der Waals surface area (Å²) in [5.41, 5.74) is 4.97. The molecule has 1 aliphatic heterocycles. The number of hydrogen-bond donors (Lipinski definition) is 2. The van der Waals surface area contributed by atoms with Crippen LogP contribution in [0.1, 0.15) is 38.3 Å². The Balaban J connectivity index is 1.89. The minimum atomic E-state index is -0.150. The van der Waals surface area contributed by atoms with Crippen LogP contribution in [0, 0.1) is 5.41 Å². The zero-order valence-corrected chi connectivity index (χ0v) is 14.0. The number of carbonyl (C=O) groups is 1. The van der Waals surface area contributed by atoms with Gasteiger partial charge in [-0.1, -0.05) is 26.0 Å². The van der Waals surface area contributed by atoms with Gasteiger partial charge in [-0.05, 0) is 41.7 Å². The summed E-state index contributed by atoms with van der Waals surface area (Å²) in [4.78, 5) is 17.1. The molecule has 0 radical (unpaired) electrons. The number of hydrogen-bond acceptors (Lipinski definition) is 4. The minimum absolute atomic E-state index is 0.0228. The maximum Gasteiger partial charge on any atom is 0.163 e. The number of Topliss-reactive ketones (excluding diaryl/α,β-unsaturated/α-hetero) is 1. The van der Waals surface area contributed by atoms with Gasteiger partial charge in [-0.25, -0.2) is 0 Å². The van der Waals surface area contributed by atoms with E-state index in [2.05, 4.69) is 29.5 Å². The average Bonchev–Trinajstić information content (AvgIpc) is 2.70. The molecule has 4 heteroatoms. The van der Waals surface area contributed by atoms with Crippen LogP contribution in [0.2, 0.25) is 0 Å². The highest BCUT2D eigenvalue weighted by molar-refractivity contribution is 6.01. The maximum absolute atomic E-state index is 13.0. The monoisotopic (exact) mass is 319 g/mol. The predicted molar refractivity (Wildman–Crippen MR) is 95.7 cm³/mol. The van der Waals surface area contributed by atoms with Gasteiger partial charge in [-0.15, -0.1) is 0 Å². The predicted octanol–water partition coefficient (Wildman–Crippen LogP) is 4.30. The maximum atomic E-state index is 13.0. The van der Waals surface area contributed by atoms with Crippen molar-refractivity contribution in [1.29, 1.82) is 0 Å². The topological polar surface area (TPSA) is 54.0 Å². The van der Waals surface area contributed by atoms with E-state index in [4.69, 9.17) is 0 Å². The number of pyridine rings is 1. The third-order valence-corrected chi connectivity index (χ3v) is 4.76. The molecule has 24 heavy (non-hydrogen) atoms. The summed E-state index contributed by atoms with van der Waals surface area (Å²) >= 11 is 0. The van der Waals surface area contributed by atoms with Gasteiger partial charge in [0.15, 0.2) is 5.78 Å². The SMILES string of the molecule is CC1(C)CC(=O)C2=C(C1)Nc1ccccc1N[C@H]2c1ccncc1. The number of nitrogens with one attached hydrogen (secondary N) is 2. The van der Waals surface area contributed by atoms with Gasteiger partial charge < -0.3 is 10.6 Å². The normalized spacial score (nSPS) is 21.9. The second kappa shape index (κ2) is 5.48. The first-order valence-corrected chi connectivity index (χ1v) is 8.32. The van der Waals surface area contributed by atoms with Crippen LogP contribution < -0.4 is 10.6 Å². The van der Waals surface area contributed by atoms with Gasteiger partial charge in [0.2, 0.25) is 0 Å². The number of benzene rings is 1. The summed E-state index contributed by atoms with van der Waals surface area (Å²) in [7, 11) is 0. The third-order valence-electron chi connectivity index (χ3n) is 4.76. The molecule has 2 aromatic rings. The molecule has 0 bridgehead atoms. The molecule has 0 spiro atoms. The Bertz CT molecular complexity index is 824. The molecule has 2 N–H and O–H groups in total. The van der Waals surface area contributed by atoms with Crippen LogP contribution in [0.5, 0.6) is 0 Å². The van der Waals surface area contributed by atoms with E-state index in [1.165, 1.54) is 0 Å². The first kappa shape index (κ1) is 14.9. The molecule has 122 valence electrons. The van der Waals surface area contributed by atoms with Gasteiger partial charge in [0.1, 0.15) is 0 Å². The molecule has 0 saturated carbocycles. The standard InChI is InChI=1S/C20H21N3O/c1-20(2)11-16-18(17(24)12-20)19(13-7-9-21-10-8-13)23-15-6-4-3-5-14(15)22-16/h3-10,19,22-23H,11-12H2,1-2H3/t19-/m0/s1. The molecule has 4 rings (SSSR count). The number of anilines is 2. The minimum Gasteiger partial charge on any atom is -0.372 e. The van der Waals surface area contributed by atoms with E-state index < -0.39 is 0 Å². The number of fused-ring (bicyclic) bond motifs is 1. The quantitative estimate of drug-likeness (QED) is 0.822. The molecule has 1 aromatic heterocycles. The number of nitrogens with zero attached hydrogens (tertiary/aromatic N) is 1. The van der Waals surface area contributed by atoms with Gasteiger partial charge in [-0.3, -0.25) is 9.78 Å². The van der Waals surface area contributed by atoms with Crippen molar-refractivity contribution in [1.82, 2.24) is 4.98 Å². The summed E-state index contributed by atoms with van der Waals surface area (Å²) in [6.45, 7) is 4.31. The fourth-order valence-electron chi connectivity index (χ4n) is 3.70. The molecular weight excluding hydrogens is 298 g/mol. The van der Waals surface area contributed by atoms with Crippen molar-refractivity contribution in [2.75, 3.05) is 10.6 Å². The second-order valence-corrected chi connectivity index (χ2v) is 7.36. The first-order chi connectivity index (χ1) is 11.5. The summed E-state index contributed by atoms with van der Waals surface area (Å²) in [6.07, 6.45) is 5.00. The zero-order valence-electron chi connectivity index (χ0n) is 14.0. The largest absolute Gasteiger partial charge is 0.372 e. The van der Waals surface area contributed by atoms with Gasteiger partial charge in [-0.2, -0.15) is 0 Å². The Morgan fingerprint density at radius 3 is 2.50 bits per heavy atom. The summed E-state index contributed by atoms with van der Waals surface area (Å²) in [5.74, 6) is 0.218. The van der Waals surface area contributed by atoms with E-state index in [1.807, 2.05) is 36.4 Å². The second-order valence-electron chi connectivity index (χ2n) is 7.36. The Labute approximate surface area is 142 Å². The van der Waals surface area contributed by atoms with E-state index in [0.29, 0.717) is 6.42 Å². The summed E-state index contributed by atoms with van der Waals surface area (Å²) in [5, 5.41) is 7.09. The smallest absolute Gasteiger partial charge is 0.163 e. The number of ketones is 1. The molecule has 0 unspecified atom stereocenters. The van der Waals surface area contributed by atoms with Crippen LogP contribution in [-0.2, 0) is 4.79 Å². The van der Waals surface area contributed by atoms with E-state index in [9.17, 15) is 4.79 Å². The van der Waals surface area contributed by atoms with Crippen molar-refractivity contribution in [3.63, 3.8) is 0 Å². The van der Waals surface area contributed by atoms with Crippen molar-refractivity contribution in [3.05, 3.63) is 65.6 Å². The lowest BCUT2D eigenvalue weighted by Gasteiger charge is -2.34. The molecule has 1 atom stereocenters. The molecule has 0 amide bonds. The lowest BCUT2D eigenvalue weighted by atomic mass is 9.73. The number of allylic oxidation sites excluding steroid dienone is 1. The highest BCUT2D eigenvalue weighted by Gasteiger charge is 2.38. The lowest BCUT2D eigenvalue weighted by Crippen LogP contribution is -2.31. The molecule has 2 heterocycles. The molecule has 0 fully saturated rings. The Morgan fingerprint density at radius 2 is 1.75 bits per heavy atom. The number of carbonyl (C=O) groups excluding carboxylic acids is 1. The van der Waals surface area contributed by atoms with Crippen molar-refractivity contribution >= 4 is 17.2 Å². The van der Waals surface area contributed by atoms with E-state index in [0.717, 1.165) is 34.6 Å². The van der Waals surface area contributed by atoms with Crippen molar-refractivity contribution in [2.24, 2.45) is 5.41 Å². The molecule has 1 aromatic carbocycles. The molecular formula is C20H21N3O. The number of rotatable bonds is 1. The van der Waals surface area contributed by atoms with E-state index >= 15 is 0 Å². The fourth-order valence-corrected chi connectivity index (χ4v) is 3.70. The van der Waals surface area contributed by atoms with Crippen LogP contribution in [0.4, 0.5) is 11.4 Å². The van der Waals surface area contributed by atoms with Crippen LogP contribution in [0.25, 0.3) is 0 Å². The van der Waals surface area contributed by atoms with Gasteiger partial charge >= 0.3 is 0 Å². The number of aromatic nitrogens is 1. The molecule has 0 saturated heterocycles. The highest BCUT2D eigenvalue weighted by atomic mass is 16.1. The van der Waals surface area contributed by atoms with Gasteiger partial charge in [0.25, 0.3) is 0 Å². The summed E-state index contributed by atoms with van der Waals surface area (Å²) in [6, 6.07) is 11.9. The van der Waals surface area contributed by atoms with E-state index in [1.54, 1.807) is 12.4 Å². The van der Waals surface area contributed by atoms with Crippen molar-refractivity contribution in [3.8, 4) is 0 Å². The molecule has 4 nitrogen and oxygen atoms in total. The van der Waals surface area contributed by atoms with Crippen LogP contribution in [0.15, 0.2) is 60.1 Å². The Kier molecular flexibility index (Phi) is 3.41. The van der Waals surface area contributed by atoms with Gasteiger partial charge in [0.05, 0.1) is 17.4 Å². The number of para-hydroxylation sites is 2. The zero-order chi connectivity index (χ0) is 16.7. The average molecular weight is 319 g/mol. The van der Waals surface area contributed by atoms with Crippen LogP contribution >= 0.6 is 0 Å². The van der Waals surface area contributed by atoms with E-state index in [-0.39, 0.29) is 17.2 Å².